The van der Waals surface area contributed by atoms with Gasteiger partial charge in [-0.25, -0.2) is 8.78 Å². The maximum Gasteiger partial charge on any atom is 0.263 e. The first-order chi connectivity index (χ1) is 20.9. The van der Waals surface area contributed by atoms with Crippen molar-refractivity contribution in [2.75, 3.05) is 30.0 Å². The number of hydrogen-bond acceptors (Lipinski definition) is 4. The van der Waals surface area contributed by atoms with Crippen molar-refractivity contribution >= 4 is 38.4 Å². The largest absolute Gasteiger partial charge is 0.494 e. The number of pyridine rings is 1. The summed E-state index contributed by atoms with van der Waals surface area (Å²) in [5.41, 5.74) is 0.654. The zero-order chi connectivity index (χ0) is 30.8. The summed E-state index contributed by atoms with van der Waals surface area (Å²) in [6.07, 6.45) is 7.81. The van der Waals surface area contributed by atoms with Crippen LogP contribution in [0.4, 0.5) is 14.5 Å². The lowest BCUT2D eigenvalue weighted by atomic mass is 10.1. The van der Waals surface area contributed by atoms with Crippen LogP contribution in [0.25, 0.3) is 16.6 Å². The molecule has 0 bridgehead atoms. The highest BCUT2D eigenvalue weighted by molar-refractivity contribution is 9.09. The van der Waals surface area contributed by atoms with Gasteiger partial charge in [-0.2, -0.15) is 0 Å². The second-order valence-corrected chi connectivity index (χ2v) is 11.0. The number of ether oxygens (including phenoxy) is 2. The maximum absolute atomic E-state index is 14.0. The van der Waals surface area contributed by atoms with Crippen molar-refractivity contribution in [1.29, 1.82) is 0 Å². The highest BCUT2D eigenvalue weighted by atomic mass is 79.9. The molecule has 0 atom stereocenters. The monoisotopic (exact) mass is 654 g/mol. The number of benzene rings is 3. The summed E-state index contributed by atoms with van der Waals surface area (Å²) in [7, 11) is 0. The number of unbranched alkanes of at least 4 members (excludes halogenated alkanes) is 4. The number of hydrogen-bond donors (Lipinski definition) is 0. The molecule has 0 aliphatic rings. The molecule has 6 nitrogen and oxygen atoms in total. The van der Waals surface area contributed by atoms with E-state index in [0.29, 0.717) is 41.3 Å². The van der Waals surface area contributed by atoms with Crippen LogP contribution in [-0.2, 0) is 0 Å². The minimum absolute atomic E-state index is 0.0296. The zero-order valence-corrected chi connectivity index (χ0v) is 26.2. The van der Waals surface area contributed by atoms with E-state index < -0.39 is 23.0 Å². The quantitative estimate of drug-likeness (QED) is 0.0953. The molecule has 0 N–H and O–H groups in total. The SMILES string of the molecule is CCCOc1cccc(-n2cc(C(=O)N(CC)c3cc(F)cc(F)c3)c(=O)c3ccc(OCCCCCCCBr)cc32)c1. The Morgan fingerprint density at radius 3 is 2.28 bits per heavy atom. The maximum atomic E-state index is 14.0. The summed E-state index contributed by atoms with van der Waals surface area (Å²) in [6, 6.07) is 15.5. The Hall–Kier alpha value is -3.72. The van der Waals surface area contributed by atoms with Crippen molar-refractivity contribution in [1.82, 2.24) is 4.57 Å². The molecule has 0 fully saturated rings. The van der Waals surface area contributed by atoms with Crippen LogP contribution < -0.4 is 19.8 Å². The molecule has 0 spiro atoms. The minimum atomic E-state index is -0.812. The Morgan fingerprint density at radius 2 is 1.56 bits per heavy atom. The van der Waals surface area contributed by atoms with Gasteiger partial charge in [0.15, 0.2) is 0 Å². The molecule has 228 valence electrons. The fourth-order valence-electron chi connectivity index (χ4n) is 4.90. The van der Waals surface area contributed by atoms with Crippen LogP contribution in [0.5, 0.6) is 11.5 Å². The predicted molar refractivity (Wildman–Crippen MR) is 171 cm³/mol. The fraction of sp³-hybridized carbons (Fsp3) is 0.353. The number of halogens is 3. The molecular weight excluding hydrogens is 618 g/mol. The summed E-state index contributed by atoms with van der Waals surface area (Å²) < 4.78 is 41.7. The third kappa shape index (κ3) is 8.22. The van der Waals surface area contributed by atoms with Gasteiger partial charge in [0.05, 0.1) is 18.7 Å². The molecule has 0 aliphatic heterocycles. The topological polar surface area (TPSA) is 60.8 Å². The molecule has 9 heteroatoms. The summed E-state index contributed by atoms with van der Waals surface area (Å²) in [5.74, 6) is -1.02. The minimum Gasteiger partial charge on any atom is -0.494 e. The average molecular weight is 656 g/mol. The number of carbonyl (C=O) groups is 1. The average Bonchev–Trinajstić information content (AvgIpc) is 2.99. The normalized spacial score (nSPS) is 11.1. The molecule has 4 aromatic rings. The first-order valence-electron chi connectivity index (χ1n) is 14.8. The highest BCUT2D eigenvalue weighted by Gasteiger charge is 2.23. The van der Waals surface area contributed by atoms with Crippen LogP contribution in [0.3, 0.4) is 0 Å². The van der Waals surface area contributed by atoms with Crippen LogP contribution in [0.15, 0.2) is 71.7 Å². The van der Waals surface area contributed by atoms with Crippen molar-refractivity contribution in [2.24, 2.45) is 0 Å². The van der Waals surface area contributed by atoms with Gasteiger partial charge in [0, 0.05) is 53.0 Å². The Labute approximate surface area is 259 Å². The third-order valence-electron chi connectivity index (χ3n) is 7.04. The highest BCUT2D eigenvalue weighted by Crippen LogP contribution is 2.27. The molecule has 4 rings (SSSR count). The Balaban J connectivity index is 1.76. The van der Waals surface area contributed by atoms with E-state index in [0.717, 1.165) is 55.6 Å². The van der Waals surface area contributed by atoms with Crippen LogP contribution in [0.1, 0.15) is 62.7 Å². The number of aromatic nitrogens is 1. The van der Waals surface area contributed by atoms with Gasteiger partial charge in [0.25, 0.3) is 5.91 Å². The third-order valence-corrected chi connectivity index (χ3v) is 7.60. The number of carbonyl (C=O) groups excluding carboxylic acids is 1. The second-order valence-electron chi connectivity index (χ2n) is 10.2. The van der Waals surface area contributed by atoms with Gasteiger partial charge in [-0.1, -0.05) is 48.2 Å². The van der Waals surface area contributed by atoms with Gasteiger partial charge in [-0.3, -0.25) is 9.59 Å². The van der Waals surface area contributed by atoms with Gasteiger partial charge < -0.3 is 18.9 Å². The lowest BCUT2D eigenvalue weighted by Gasteiger charge is -2.22. The summed E-state index contributed by atoms with van der Waals surface area (Å²) in [4.78, 5) is 28.8. The van der Waals surface area contributed by atoms with E-state index in [4.69, 9.17) is 9.47 Å². The van der Waals surface area contributed by atoms with Gasteiger partial charge in [-0.15, -0.1) is 0 Å². The van der Waals surface area contributed by atoms with Crippen molar-refractivity contribution in [3.63, 3.8) is 0 Å². The van der Waals surface area contributed by atoms with E-state index in [1.54, 1.807) is 29.7 Å². The predicted octanol–water partition coefficient (Wildman–Crippen LogP) is 8.45. The number of anilines is 1. The number of fused-ring (bicyclic) bond motifs is 1. The molecule has 0 radical (unpaired) electrons. The molecule has 0 saturated carbocycles. The van der Waals surface area contributed by atoms with Gasteiger partial charge >= 0.3 is 0 Å². The lowest BCUT2D eigenvalue weighted by Crippen LogP contribution is -2.35. The van der Waals surface area contributed by atoms with Crippen LogP contribution in [-0.4, -0.2) is 35.6 Å². The number of nitrogens with zero attached hydrogens (tertiary/aromatic N) is 2. The van der Waals surface area contributed by atoms with Crippen LogP contribution >= 0.6 is 15.9 Å². The van der Waals surface area contributed by atoms with E-state index in [1.165, 1.54) is 17.5 Å². The van der Waals surface area contributed by atoms with Crippen molar-refractivity contribution in [2.45, 2.75) is 52.4 Å². The van der Waals surface area contributed by atoms with Crippen molar-refractivity contribution < 1.29 is 23.0 Å². The summed E-state index contributed by atoms with van der Waals surface area (Å²) >= 11 is 3.46. The Bertz CT molecular complexity index is 1590. The van der Waals surface area contributed by atoms with E-state index in [-0.39, 0.29) is 17.8 Å². The molecule has 1 aromatic heterocycles. The molecule has 0 aliphatic carbocycles. The molecule has 3 aromatic carbocycles. The standard InChI is InChI=1S/C34H37BrF2N2O4/c1-3-16-42-28-12-10-11-26(21-28)39-23-31(34(41)38(4-2)27-19-24(36)18-25(37)20-27)33(40)30-14-13-29(22-32(30)39)43-17-9-7-5-6-8-15-35/h10-14,18-23H,3-9,15-17H2,1-2H3. The summed E-state index contributed by atoms with van der Waals surface area (Å²) in [5, 5.41) is 1.33. The van der Waals surface area contributed by atoms with E-state index in [9.17, 15) is 18.4 Å². The van der Waals surface area contributed by atoms with Gasteiger partial charge in [0.2, 0.25) is 5.43 Å². The Kier molecular flexibility index (Phi) is 11.7. The first kappa shape index (κ1) is 32.2. The molecule has 1 heterocycles. The zero-order valence-electron chi connectivity index (χ0n) is 24.6. The van der Waals surface area contributed by atoms with Crippen LogP contribution in [0.2, 0.25) is 0 Å². The molecular formula is C34H37BrF2N2O4. The summed E-state index contributed by atoms with van der Waals surface area (Å²) in [6.45, 7) is 4.90. The van der Waals surface area contributed by atoms with Crippen LogP contribution in [0, 0.1) is 11.6 Å². The van der Waals surface area contributed by atoms with E-state index in [1.807, 2.05) is 31.2 Å². The molecule has 0 saturated heterocycles. The van der Waals surface area contributed by atoms with Crippen molar-refractivity contribution in [3.8, 4) is 17.2 Å². The first-order valence-corrected chi connectivity index (χ1v) is 15.9. The van der Waals surface area contributed by atoms with E-state index >= 15 is 0 Å². The lowest BCUT2D eigenvalue weighted by molar-refractivity contribution is 0.0987. The second kappa shape index (κ2) is 15.7. The molecule has 1 amide bonds. The number of rotatable bonds is 15. The van der Waals surface area contributed by atoms with Crippen molar-refractivity contribution in [3.05, 3.63) is 94.3 Å². The fourth-order valence-corrected chi connectivity index (χ4v) is 5.30. The smallest absolute Gasteiger partial charge is 0.263 e. The Morgan fingerprint density at radius 1 is 0.860 bits per heavy atom. The molecule has 0 unspecified atom stereocenters. The van der Waals surface area contributed by atoms with E-state index in [2.05, 4.69) is 15.9 Å². The van der Waals surface area contributed by atoms with Gasteiger partial charge in [-0.05, 0) is 62.6 Å². The number of amides is 1. The molecule has 43 heavy (non-hydrogen) atoms. The number of alkyl halides is 1. The van der Waals surface area contributed by atoms with Gasteiger partial charge in [0.1, 0.15) is 28.7 Å².